The van der Waals surface area contributed by atoms with Gasteiger partial charge in [0.25, 0.3) is 0 Å². The average Bonchev–Trinajstić information content (AvgIpc) is 2.57. The summed E-state index contributed by atoms with van der Waals surface area (Å²) in [5.41, 5.74) is 0.823. The van der Waals surface area contributed by atoms with Gasteiger partial charge in [-0.1, -0.05) is 0 Å². The average molecular weight is 334 g/mol. The number of carbonyl (C=O) groups is 2. The number of esters is 1. The number of hydrogen-bond donors (Lipinski definition) is 0. The number of piperazine rings is 1. The van der Waals surface area contributed by atoms with Crippen LogP contribution >= 0.6 is 0 Å². The van der Waals surface area contributed by atoms with Gasteiger partial charge in [0, 0.05) is 31.7 Å². The molecular formula is C18H26N2O4. The van der Waals surface area contributed by atoms with Gasteiger partial charge in [-0.3, -0.25) is 9.69 Å². The van der Waals surface area contributed by atoms with Crippen molar-refractivity contribution in [3.8, 4) is 5.75 Å². The molecule has 6 nitrogen and oxygen atoms in total. The minimum Gasteiger partial charge on any atom is -0.493 e. The molecular weight excluding hydrogens is 308 g/mol. The molecule has 2 rings (SSSR count). The van der Waals surface area contributed by atoms with Crippen molar-refractivity contribution in [2.45, 2.75) is 13.8 Å². The molecule has 1 aliphatic heterocycles. The van der Waals surface area contributed by atoms with Crippen LogP contribution in [0.2, 0.25) is 0 Å². The largest absolute Gasteiger partial charge is 0.493 e. The maximum absolute atomic E-state index is 12.5. The van der Waals surface area contributed by atoms with E-state index in [0.717, 1.165) is 26.2 Å². The van der Waals surface area contributed by atoms with E-state index in [1.165, 1.54) is 0 Å². The lowest BCUT2D eigenvalue weighted by atomic mass is 10.1. The van der Waals surface area contributed by atoms with E-state index in [0.29, 0.717) is 30.0 Å². The Hall–Kier alpha value is -1.92. The first kappa shape index (κ1) is 18.4. The van der Waals surface area contributed by atoms with Gasteiger partial charge in [0.05, 0.1) is 19.8 Å². The fourth-order valence-corrected chi connectivity index (χ4v) is 2.65. The Kier molecular flexibility index (Phi) is 6.75. The Morgan fingerprint density at radius 3 is 2.42 bits per heavy atom. The molecule has 24 heavy (non-hydrogen) atoms. The molecule has 1 fully saturated rings. The third-order valence-electron chi connectivity index (χ3n) is 4.06. The lowest BCUT2D eigenvalue weighted by Gasteiger charge is -2.31. The molecule has 0 aromatic heterocycles. The zero-order chi connectivity index (χ0) is 17.5. The summed E-state index contributed by atoms with van der Waals surface area (Å²) in [6, 6.07) is 4.97. The van der Waals surface area contributed by atoms with Crippen LogP contribution in [0.25, 0.3) is 0 Å². The second-order valence-corrected chi connectivity index (χ2v) is 5.87. The number of likely N-dealkylation sites (N-methyl/N-ethyl adjacent to an activating group) is 1. The van der Waals surface area contributed by atoms with Crippen molar-refractivity contribution >= 4 is 11.8 Å². The van der Waals surface area contributed by atoms with Crippen LogP contribution in [0.1, 0.15) is 34.6 Å². The van der Waals surface area contributed by atoms with E-state index < -0.39 is 5.97 Å². The van der Waals surface area contributed by atoms with Crippen molar-refractivity contribution in [3.05, 3.63) is 29.3 Å². The molecule has 6 heteroatoms. The Morgan fingerprint density at radius 1 is 1.08 bits per heavy atom. The van der Waals surface area contributed by atoms with Gasteiger partial charge in [-0.2, -0.15) is 0 Å². The molecule has 0 N–H and O–H groups in total. The molecule has 1 aromatic carbocycles. The summed E-state index contributed by atoms with van der Waals surface area (Å²) in [6.45, 7) is 8.38. The quantitative estimate of drug-likeness (QED) is 0.559. The second-order valence-electron chi connectivity index (χ2n) is 5.87. The van der Waals surface area contributed by atoms with Crippen LogP contribution in [0.5, 0.6) is 5.75 Å². The summed E-state index contributed by atoms with van der Waals surface area (Å²) in [4.78, 5) is 29.0. The second kappa shape index (κ2) is 8.80. The maximum Gasteiger partial charge on any atom is 0.341 e. The first-order valence-corrected chi connectivity index (χ1v) is 8.43. The highest BCUT2D eigenvalue weighted by Crippen LogP contribution is 2.22. The van der Waals surface area contributed by atoms with Gasteiger partial charge in [0.15, 0.2) is 5.78 Å². The lowest BCUT2D eigenvalue weighted by molar-refractivity contribution is 0.0522. The zero-order valence-electron chi connectivity index (χ0n) is 14.7. The van der Waals surface area contributed by atoms with Crippen LogP contribution < -0.4 is 4.74 Å². The number of rotatable bonds is 7. The fraction of sp³-hybridized carbons (Fsp3) is 0.556. The monoisotopic (exact) mass is 334 g/mol. The smallest absolute Gasteiger partial charge is 0.341 e. The summed E-state index contributed by atoms with van der Waals surface area (Å²) >= 11 is 0. The standard InChI is InChI=1S/C18H26N2O4/c1-4-23-17-7-6-14(12-15(17)18(22)24-5-2)16(21)13-20-10-8-19(3)9-11-20/h6-7,12H,4-5,8-11,13H2,1-3H3. The number of hydrogen-bond acceptors (Lipinski definition) is 6. The van der Waals surface area contributed by atoms with Gasteiger partial charge in [-0.15, -0.1) is 0 Å². The molecule has 132 valence electrons. The van der Waals surface area contributed by atoms with Crippen molar-refractivity contribution in [2.75, 3.05) is 53.0 Å². The molecule has 1 saturated heterocycles. The molecule has 1 aromatic rings. The van der Waals surface area contributed by atoms with E-state index in [4.69, 9.17) is 9.47 Å². The predicted octanol–water partition coefficient (Wildman–Crippen LogP) is 1.69. The molecule has 1 heterocycles. The molecule has 0 atom stereocenters. The van der Waals surface area contributed by atoms with Crippen LogP contribution in [-0.2, 0) is 4.74 Å². The minimum atomic E-state index is -0.463. The van der Waals surface area contributed by atoms with Gasteiger partial charge >= 0.3 is 5.97 Å². The lowest BCUT2D eigenvalue weighted by Crippen LogP contribution is -2.46. The van der Waals surface area contributed by atoms with Gasteiger partial charge in [0.2, 0.25) is 0 Å². The number of Topliss-reactive ketones (excluding diaryl/α,β-unsaturated/α-hetero) is 1. The molecule has 1 aliphatic rings. The number of carbonyl (C=O) groups excluding carboxylic acids is 2. The van der Waals surface area contributed by atoms with Crippen LogP contribution in [0.3, 0.4) is 0 Å². The SMILES string of the molecule is CCOC(=O)c1cc(C(=O)CN2CCN(C)CC2)ccc1OCC. The van der Waals surface area contributed by atoms with Crippen molar-refractivity contribution in [2.24, 2.45) is 0 Å². The predicted molar refractivity (Wildman–Crippen MR) is 91.8 cm³/mol. The van der Waals surface area contributed by atoms with Crippen LogP contribution in [-0.4, -0.2) is 74.5 Å². The fourth-order valence-electron chi connectivity index (χ4n) is 2.65. The number of nitrogens with zero attached hydrogens (tertiary/aromatic N) is 2. The van der Waals surface area contributed by atoms with Gasteiger partial charge in [-0.25, -0.2) is 4.79 Å². The molecule has 0 amide bonds. The zero-order valence-corrected chi connectivity index (χ0v) is 14.7. The van der Waals surface area contributed by atoms with Crippen LogP contribution in [0.4, 0.5) is 0 Å². The highest BCUT2D eigenvalue weighted by atomic mass is 16.5. The Morgan fingerprint density at radius 2 is 1.79 bits per heavy atom. The van der Waals surface area contributed by atoms with E-state index in [2.05, 4.69) is 16.8 Å². The summed E-state index contributed by atoms with van der Waals surface area (Å²) in [7, 11) is 2.08. The molecule has 0 radical (unpaired) electrons. The maximum atomic E-state index is 12.5. The van der Waals surface area contributed by atoms with Gasteiger partial charge in [-0.05, 0) is 39.1 Å². The van der Waals surface area contributed by atoms with E-state index >= 15 is 0 Å². The van der Waals surface area contributed by atoms with Crippen LogP contribution in [0.15, 0.2) is 18.2 Å². The Bertz CT molecular complexity index is 580. The molecule has 0 saturated carbocycles. The van der Waals surface area contributed by atoms with E-state index in [1.807, 2.05) is 6.92 Å². The topological polar surface area (TPSA) is 59.1 Å². The Labute approximate surface area is 143 Å². The highest BCUT2D eigenvalue weighted by molar-refractivity contribution is 6.01. The minimum absolute atomic E-state index is 0.00755. The summed E-state index contributed by atoms with van der Waals surface area (Å²) in [6.07, 6.45) is 0. The van der Waals surface area contributed by atoms with Gasteiger partial charge < -0.3 is 14.4 Å². The first-order chi connectivity index (χ1) is 11.5. The normalized spacial score (nSPS) is 16.0. The van der Waals surface area contributed by atoms with Crippen molar-refractivity contribution in [3.63, 3.8) is 0 Å². The Balaban J connectivity index is 2.12. The van der Waals surface area contributed by atoms with Crippen molar-refractivity contribution in [1.29, 1.82) is 0 Å². The molecule has 0 unspecified atom stereocenters. The van der Waals surface area contributed by atoms with E-state index in [-0.39, 0.29) is 12.4 Å². The summed E-state index contributed by atoms with van der Waals surface area (Å²) < 4.78 is 10.5. The van der Waals surface area contributed by atoms with Gasteiger partial charge in [0.1, 0.15) is 11.3 Å². The molecule has 0 aliphatic carbocycles. The van der Waals surface area contributed by atoms with Crippen molar-refractivity contribution < 1.29 is 19.1 Å². The third-order valence-corrected chi connectivity index (χ3v) is 4.06. The number of ether oxygens (including phenoxy) is 2. The van der Waals surface area contributed by atoms with E-state index in [9.17, 15) is 9.59 Å². The third kappa shape index (κ3) is 4.79. The number of ketones is 1. The highest BCUT2D eigenvalue weighted by Gasteiger charge is 2.20. The van der Waals surface area contributed by atoms with Crippen molar-refractivity contribution in [1.82, 2.24) is 9.80 Å². The summed E-state index contributed by atoms with van der Waals surface area (Å²) in [5.74, 6) is -0.00422. The first-order valence-electron chi connectivity index (χ1n) is 8.43. The summed E-state index contributed by atoms with van der Waals surface area (Å²) in [5, 5.41) is 0. The molecule has 0 bridgehead atoms. The van der Waals surface area contributed by atoms with Crippen LogP contribution in [0, 0.1) is 0 Å². The number of benzene rings is 1. The molecule has 0 spiro atoms. The van der Waals surface area contributed by atoms with E-state index in [1.54, 1.807) is 25.1 Å².